The second kappa shape index (κ2) is 3.54. The lowest BCUT2D eigenvalue weighted by Gasteiger charge is -1.99. The Labute approximate surface area is 81.2 Å². The summed E-state index contributed by atoms with van der Waals surface area (Å²) in [5.74, 6) is 0. The van der Waals surface area contributed by atoms with Crippen LogP contribution in [0.2, 0.25) is 5.15 Å². The minimum absolute atomic E-state index is 0.509. The minimum atomic E-state index is 0.509. The molecule has 2 nitrogen and oxygen atoms in total. The van der Waals surface area contributed by atoms with Crippen molar-refractivity contribution in [1.29, 1.82) is 0 Å². The maximum Gasteiger partial charge on any atom is 0.129 e. The third kappa shape index (κ3) is 1.84. The average molecular weight is 191 g/mol. The molecule has 0 spiro atoms. The summed E-state index contributed by atoms with van der Waals surface area (Å²) in [6.45, 7) is 0. The molecule has 13 heavy (non-hydrogen) atoms. The Morgan fingerprint density at radius 3 is 2.31 bits per heavy atom. The van der Waals surface area contributed by atoms with Gasteiger partial charge in [0.15, 0.2) is 0 Å². The topological polar surface area (TPSA) is 25.8 Å². The Kier molecular flexibility index (Phi) is 2.23. The Morgan fingerprint density at radius 1 is 0.923 bits per heavy atom. The summed E-state index contributed by atoms with van der Waals surface area (Å²) in [4.78, 5) is 7.86. The third-order valence-corrected chi connectivity index (χ3v) is 1.95. The van der Waals surface area contributed by atoms with E-state index in [1.807, 2.05) is 24.3 Å². The van der Waals surface area contributed by atoms with Crippen molar-refractivity contribution >= 4 is 11.6 Å². The molecule has 2 rings (SSSR count). The van der Waals surface area contributed by atoms with Gasteiger partial charge in [0.25, 0.3) is 0 Å². The largest absolute Gasteiger partial charge is 0.265 e. The van der Waals surface area contributed by atoms with Crippen LogP contribution >= 0.6 is 11.6 Å². The number of hydrogen-bond acceptors (Lipinski definition) is 2. The first kappa shape index (κ1) is 8.20. The monoisotopic (exact) mass is 190 g/mol. The zero-order valence-electron chi connectivity index (χ0n) is 6.81. The van der Waals surface area contributed by atoms with Crippen molar-refractivity contribution < 1.29 is 0 Å². The molecule has 0 fully saturated rings. The molecule has 0 saturated heterocycles. The zero-order valence-corrected chi connectivity index (χ0v) is 7.57. The quantitative estimate of drug-likeness (QED) is 0.647. The van der Waals surface area contributed by atoms with E-state index >= 15 is 0 Å². The van der Waals surface area contributed by atoms with Crippen molar-refractivity contribution in [2.24, 2.45) is 0 Å². The van der Waals surface area contributed by atoms with Gasteiger partial charge >= 0.3 is 0 Å². The van der Waals surface area contributed by atoms with Crippen molar-refractivity contribution in [2.75, 3.05) is 0 Å². The maximum atomic E-state index is 5.77. The van der Waals surface area contributed by atoms with E-state index < -0.39 is 0 Å². The summed E-state index contributed by atoms with van der Waals surface area (Å²) in [5, 5.41) is 0.509. The van der Waals surface area contributed by atoms with Crippen LogP contribution in [0.5, 0.6) is 0 Å². The standard InChI is InChI=1S/C10H7ClN2/c11-10-7-9(3-6-13-10)8-1-4-12-5-2-8/h1-7H. The van der Waals surface area contributed by atoms with Gasteiger partial charge in [0.05, 0.1) is 0 Å². The van der Waals surface area contributed by atoms with E-state index in [0.717, 1.165) is 11.1 Å². The van der Waals surface area contributed by atoms with Crippen molar-refractivity contribution in [3.8, 4) is 11.1 Å². The van der Waals surface area contributed by atoms with E-state index in [1.54, 1.807) is 18.6 Å². The van der Waals surface area contributed by atoms with Gasteiger partial charge in [-0.2, -0.15) is 0 Å². The van der Waals surface area contributed by atoms with Gasteiger partial charge in [-0.1, -0.05) is 11.6 Å². The fourth-order valence-electron chi connectivity index (χ4n) is 1.13. The molecule has 2 heterocycles. The lowest BCUT2D eigenvalue weighted by atomic mass is 10.1. The molecular weight excluding hydrogens is 184 g/mol. The van der Waals surface area contributed by atoms with E-state index in [9.17, 15) is 0 Å². The summed E-state index contributed by atoms with van der Waals surface area (Å²) in [6.07, 6.45) is 5.20. The van der Waals surface area contributed by atoms with E-state index in [4.69, 9.17) is 11.6 Å². The lowest BCUT2D eigenvalue weighted by Crippen LogP contribution is -1.79. The highest BCUT2D eigenvalue weighted by Gasteiger charge is 1.96. The van der Waals surface area contributed by atoms with E-state index in [2.05, 4.69) is 9.97 Å². The van der Waals surface area contributed by atoms with E-state index in [-0.39, 0.29) is 0 Å². The predicted octanol–water partition coefficient (Wildman–Crippen LogP) is 2.80. The zero-order chi connectivity index (χ0) is 9.10. The Bertz CT molecular complexity index is 401. The molecule has 0 aromatic carbocycles. The first-order chi connectivity index (χ1) is 6.36. The first-order valence-corrected chi connectivity index (χ1v) is 4.26. The van der Waals surface area contributed by atoms with Gasteiger partial charge in [0.2, 0.25) is 0 Å². The molecule has 0 radical (unpaired) electrons. The molecule has 0 aliphatic heterocycles. The summed E-state index contributed by atoms with van der Waals surface area (Å²) in [5.41, 5.74) is 2.15. The van der Waals surface area contributed by atoms with Crippen LogP contribution < -0.4 is 0 Å². The second-order valence-electron chi connectivity index (χ2n) is 2.60. The number of halogens is 1. The van der Waals surface area contributed by atoms with E-state index in [0.29, 0.717) is 5.15 Å². The maximum absolute atomic E-state index is 5.77. The molecule has 0 saturated carbocycles. The summed E-state index contributed by atoms with van der Waals surface area (Å²) in [7, 11) is 0. The number of hydrogen-bond donors (Lipinski definition) is 0. The van der Waals surface area contributed by atoms with Crippen LogP contribution in [-0.4, -0.2) is 9.97 Å². The molecule has 0 aliphatic rings. The predicted molar refractivity (Wildman–Crippen MR) is 52.5 cm³/mol. The van der Waals surface area contributed by atoms with Gasteiger partial charge in [0, 0.05) is 18.6 Å². The Morgan fingerprint density at radius 2 is 1.62 bits per heavy atom. The first-order valence-electron chi connectivity index (χ1n) is 3.88. The van der Waals surface area contributed by atoms with Crippen LogP contribution in [0.15, 0.2) is 42.9 Å². The van der Waals surface area contributed by atoms with Crippen LogP contribution in [0.4, 0.5) is 0 Å². The Balaban J connectivity index is 2.48. The van der Waals surface area contributed by atoms with Crippen molar-refractivity contribution in [2.45, 2.75) is 0 Å². The summed E-state index contributed by atoms with van der Waals surface area (Å²) >= 11 is 5.77. The minimum Gasteiger partial charge on any atom is -0.265 e. The van der Waals surface area contributed by atoms with Crippen LogP contribution in [-0.2, 0) is 0 Å². The highest BCUT2D eigenvalue weighted by Crippen LogP contribution is 2.19. The molecule has 2 aromatic rings. The van der Waals surface area contributed by atoms with Crippen molar-refractivity contribution in [3.63, 3.8) is 0 Å². The van der Waals surface area contributed by atoms with Gasteiger partial charge in [-0.05, 0) is 35.4 Å². The van der Waals surface area contributed by atoms with Gasteiger partial charge in [-0.3, -0.25) is 4.98 Å². The number of nitrogens with zero attached hydrogens (tertiary/aromatic N) is 2. The number of aromatic nitrogens is 2. The fraction of sp³-hybridized carbons (Fsp3) is 0. The number of pyridine rings is 2. The van der Waals surface area contributed by atoms with Crippen molar-refractivity contribution in [3.05, 3.63) is 48.0 Å². The third-order valence-electron chi connectivity index (χ3n) is 1.74. The molecular formula is C10H7ClN2. The highest BCUT2D eigenvalue weighted by molar-refractivity contribution is 6.29. The fourth-order valence-corrected chi connectivity index (χ4v) is 1.30. The van der Waals surface area contributed by atoms with Crippen LogP contribution in [0.25, 0.3) is 11.1 Å². The average Bonchev–Trinajstić information content (AvgIpc) is 2.19. The summed E-state index contributed by atoms with van der Waals surface area (Å²) < 4.78 is 0. The lowest BCUT2D eigenvalue weighted by molar-refractivity contribution is 1.31. The smallest absolute Gasteiger partial charge is 0.129 e. The van der Waals surface area contributed by atoms with E-state index in [1.165, 1.54) is 0 Å². The van der Waals surface area contributed by atoms with Gasteiger partial charge < -0.3 is 0 Å². The molecule has 0 N–H and O–H groups in total. The number of rotatable bonds is 1. The molecule has 64 valence electrons. The van der Waals surface area contributed by atoms with Crippen LogP contribution in [0.3, 0.4) is 0 Å². The SMILES string of the molecule is Clc1cc(-c2ccncc2)ccn1. The molecule has 0 bridgehead atoms. The molecule has 3 heteroatoms. The van der Waals surface area contributed by atoms with Gasteiger partial charge in [-0.25, -0.2) is 4.98 Å². The molecule has 2 aromatic heterocycles. The van der Waals surface area contributed by atoms with Crippen LogP contribution in [0.1, 0.15) is 0 Å². The Hall–Kier alpha value is -1.41. The molecule has 0 atom stereocenters. The van der Waals surface area contributed by atoms with Gasteiger partial charge in [-0.15, -0.1) is 0 Å². The molecule has 0 unspecified atom stereocenters. The summed E-state index contributed by atoms with van der Waals surface area (Å²) in [6, 6.07) is 7.62. The normalized spacial score (nSPS) is 9.92. The van der Waals surface area contributed by atoms with Gasteiger partial charge in [0.1, 0.15) is 5.15 Å². The molecule has 0 aliphatic carbocycles. The second-order valence-corrected chi connectivity index (χ2v) is 2.99. The van der Waals surface area contributed by atoms with Crippen LogP contribution in [0, 0.1) is 0 Å². The highest BCUT2D eigenvalue weighted by atomic mass is 35.5. The molecule has 0 amide bonds. The van der Waals surface area contributed by atoms with Crippen molar-refractivity contribution in [1.82, 2.24) is 9.97 Å².